The van der Waals surface area contributed by atoms with Crippen molar-refractivity contribution in [3.8, 4) is 0 Å². The number of aliphatic hydroxyl groups is 1. The molecule has 0 aliphatic carbocycles. The van der Waals surface area contributed by atoms with Crippen molar-refractivity contribution in [2.24, 2.45) is 5.92 Å². The van der Waals surface area contributed by atoms with E-state index >= 15 is 0 Å². The Bertz CT molecular complexity index is 208. The molecule has 4 heteroatoms. The molecular formula is C12H23NO3. The first kappa shape index (κ1) is 13.5. The zero-order valence-electron chi connectivity index (χ0n) is 10.2. The van der Waals surface area contributed by atoms with Crippen molar-refractivity contribution in [1.82, 2.24) is 4.90 Å². The molecule has 16 heavy (non-hydrogen) atoms. The van der Waals surface area contributed by atoms with Crippen LogP contribution in [0.3, 0.4) is 0 Å². The Hall–Kier alpha value is -0.610. The van der Waals surface area contributed by atoms with Crippen LogP contribution in [-0.2, 0) is 9.53 Å². The van der Waals surface area contributed by atoms with Crippen LogP contribution in [-0.4, -0.2) is 48.8 Å². The Morgan fingerprint density at radius 1 is 1.50 bits per heavy atom. The number of carbonyl (C=O) groups excluding carboxylic acids is 1. The van der Waals surface area contributed by atoms with Crippen molar-refractivity contribution in [2.75, 3.05) is 32.8 Å². The first-order chi connectivity index (χ1) is 7.77. The van der Waals surface area contributed by atoms with Gasteiger partial charge in [-0.05, 0) is 45.7 Å². The number of rotatable bonds is 6. The third-order valence-electron chi connectivity index (χ3n) is 3.01. The third kappa shape index (κ3) is 4.49. The summed E-state index contributed by atoms with van der Waals surface area (Å²) in [6.45, 7) is 5.46. The Morgan fingerprint density at radius 3 is 3.00 bits per heavy atom. The molecular weight excluding hydrogens is 206 g/mol. The summed E-state index contributed by atoms with van der Waals surface area (Å²) in [5, 5.41) is 8.71. The van der Waals surface area contributed by atoms with Gasteiger partial charge in [-0.15, -0.1) is 0 Å². The molecule has 1 aliphatic rings. The van der Waals surface area contributed by atoms with Gasteiger partial charge < -0.3 is 14.7 Å². The summed E-state index contributed by atoms with van der Waals surface area (Å²) in [5.41, 5.74) is 0. The van der Waals surface area contributed by atoms with Gasteiger partial charge in [0, 0.05) is 13.2 Å². The minimum absolute atomic E-state index is 0.0469. The van der Waals surface area contributed by atoms with Crippen LogP contribution in [0.4, 0.5) is 0 Å². The quantitative estimate of drug-likeness (QED) is 0.546. The topological polar surface area (TPSA) is 49.8 Å². The predicted octanol–water partition coefficient (Wildman–Crippen LogP) is 1.03. The molecule has 0 unspecified atom stereocenters. The number of carbonyl (C=O) groups is 1. The fourth-order valence-electron chi connectivity index (χ4n) is 2.16. The summed E-state index contributed by atoms with van der Waals surface area (Å²) in [7, 11) is 0. The number of piperidine rings is 1. The van der Waals surface area contributed by atoms with Gasteiger partial charge in [-0.1, -0.05) is 0 Å². The molecule has 0 saturated carbocycles. The number of nitrogens with zero attached hydrogens (tertiary/aromatic N) is 1. The van der Waals surface area contributed by atoms with Gasteiger partial charge in [-0.25, -0.2) is 0 Å². The van der Waals surface area contributed by atoms with E-state index < -0.39 is 0 Å². The molecule has 0 radical (unpaired) electrons. The first-order valence-electron chi connectivity index (χ1n) is 6.27. The number of hydrogen-bond donors (Lipinski definition) is 1. The van der Waals surface area contributed by atoms with Gasteiger partial charge in [0.25, 0.3) is 0 Å². The van der Waals surface area contributed by atoms with Gasteiger partial charge in [-0.3, -0.25) is 4.79 Å². The van der Waals surface area contributed by atoms with Gasteiger partial charge in [0.2, 0.25) is 0 Å². The minimum atomic E-state index is -0.0469. The SMILES string of the molecule is CCOC(=O)[C@@H]1CCCN(CCCCO)C1. The number of hydrogen-bond acceptors (Lipinski definition) is 4. The van der Waals surface area contributed by atoms with E-state index in [2.05, 4.69) is 4.90 Å². The summed E-state index contributed by atoms with van der Waals surface area (Å²) in [4.78, 5) is 13.9. The van der Waals surface area contributed by atoms with E-state index in [-0.39, 0.29) is 18.5 Å². The van der Waals surface area contributed by atoms with Crippen molar-refractivity contribution in [3.63, 3.8) is 0 Å². The van der Waals surface area contributed by atoms with Crippen LogP contribution in [0.2, 0.25) is 0 Å². The number of esters is 1. The Labute approximate surface area is 97.6 Å². The molecule has 1 aliphatic heterocycles. The lowest BCUT2D eigenvalue weighted by Crippen LogP contribution is -2.39. The second-order valence-electron chi connectivity index (χ2n) is 4.32. The van der Waals surface area contributed by atoms with E-state index in [0.717, 1.165) is 45.3 Å². The van der Waals surface area contributed by atoms with Gasteiger partial charge in [0.05, 0.1) is 12.5 Å². The second kappa shape index (κ2) is 7.63. The lowest BCUT2D eigenvalue weighted by Gasteiger charge is -2.31. The van der Waals surface area contributed by atoms with Crippen LogP contribution in [0.1, 0.15) is 32.6 Å². The van der Waals surface area contributed by atoms with Crippen LogP contribution in [0, 0.1) is 5.92 Å². The van der Waals surface area contributed by atoms with E-state index in [0.29, 0.717) is 6.61 Å². The van der Waals surface area contributed by atoms with Crippen molar-refractivity contribution in [3.05, 3.63) is 0 Å². The van der Waals surface area contributed by atoms with Crippen LogP contribution in [0.15, 0.2) is 0 Å². The van der Waals surface area contributed by atoms with Crippen molar-refractivity contribution in [2.45, 2.75) is 32.6 Å². The standard InChI is InChI=1S/C12H23NO3/c1-2-16-12(15)11-6-5-8-13(10-11)7-3-4-9-14/h11,14H,2-10H2,1H3/t11-/m1/s1. The average molecular weight is 229 g/mol. The van der Waals surface area contributed by atoms with Crippen molar-refractivity contribution in [1.29, 1.82) is 0 Å². The van der Waals surface area contributed by atoms with Crippen LogP contribution < -0.4 is 0 Å². The van der Waals surface area contributed by atoms with Crippen molar-refractivity contribution >= 4 is 5.97 Å². The maximum absolute atomic E-state index is 11.6. The van der Waals surface area contributed by atoms with E-state index in [1.165, 1.54) is 0 Å². The molecule has 0 spiro atoms. The van der Waals surface area contributed by atoms with E-state index in [1.54, 1.807) is 0 Å². The first-order valence-corrected chi connectivity index (χ1v) is 6.27. The van der Waals surface area contributed by atoms with Gasteiger partial charge >= 0.3 is 5.97 Å². The fraction of sp³-hybridized carbons (Fsp3) is 0.917. The van der Waals surface area contributed by atoms with Gasteiger partial charge in [-0.2, -0.15) is 0 Å². The summed E-state index contributed by atoms with van der Waals surface area (Å²) in [6.07, 6.45) is 3.88. The Kier molecular flexibility index (Phi) is 6.42. The van der Waals surface area contributed by atoms with E-state index in [9.17, 15) is 4.79 Å². The highest BCUT2D eigenvalue weighted by molar-refractivity contribution is 5.72. The largest absolute Gasteiger partial charge is 0.466 e. The highest BCUT2D eigenvalue weighted by Gasteiger charge is 2.26. The molecule has 1 fully saturated rings. The molecule has 0 aromatic rings. The van der Waals surface area contributed by atoms with Crippen LogP contribution in [0.25, 0.3) is 0 Å². The number of likely N-dealkylation sites (tertiary alicyclic amines) is 1. The van der Waals surface area contributed by atoms with Crippen molar-refractivity contribution < 1.29 is 14.6 Å². The average Bonchev–Trinajstić information content (AvgIpc) is 2.30. The van der Waals surface area contributed by atoms with Crippen LogP contribution in [0.5, 0.6) is 0 Å². The highest BCUT2D eigenvalue weighted by Crippen LogP contribution is 2.18. The zero-order chi connectivity index (χ0) is 11.8. The summed E-state index contributed by atoms with van der Waals surface area (Å²) in [6, 6.07) is 0. The number of aliphatic hydroxyl groups excluding tert-OH is 1. The van der Waals surface area contributed by atoms with Gasteiger partial charge in [0.1, 0.15) is 0 Å². The molecule has 0 bridgehead atoms. The molecule has 1 heterocycles. The maximum atomic E-state index is 11.6. The zero-order valence-corrected chi connectivity index (χ0v) is 10.2. The third-order valence-corrected chi connectivity index (χ3v) is 3.01. The lowest BCUT2D eigenvalue weighted by molar-refractivity contribution is -0.149. The number of unbranched alkanes of at least 4 members (excludes halogenated alkanes) is 1. The molecule has 0 aromatic carbocycles. The predicted molar refractivity (Wildman–Crippen MR) is 62.1 cm³/mol. The molecule has 1 atom stereocenters. The molecule has 1 saturated heterocycles. The van der Waals surface area contributed by atoms with Crippen LogP contribution >= 0.6 is 0 Å². The highest BCUT2D eigenvalue weighted by atomic mass is 16.5. The monoisotopic (exact) mass is 229 g/mol. The normalized spacial score (nSPS) is 22.0. The number of ether oxygens (including phenoxy) is 1. The minimum Gasteiger partial charge on any atom is -0.466 e. The fourth-order valence-corrected chi connectivity index (χ4v) is 2.16. The molecule has 0 amide bonds. The van der Waals surface area contributed by atoms with E-state index in [4.69, 9.17) is 9.84 Å². The maximum Gasteiger partial charge on any atom is 0.310 e. The molecule has 1 N–H and O–H groups in total. The second-order valence-corrected chi connectivity index (χ2v) is 4.32. The Balaban J connectivity index is 2.26. The summed E-state index contributed by atoms with van der Waals surface area (Å²) < 4.78 is 5.05. The molecule has 4 nitrogen and oxygen atoms in total. The van der Waals surface area contributed by atoms with Gasteiger partial charge in [0.15, 0.2) is 0 Å². The summed E-state index contributed by atoms with van der Waals surface area (Å²) >= 11 is 0. The van der Waals surface area contributed by atoms with E-state index in [1.807, 2.05) is 6.92 Å². The smallest absolute Gasteiger partial charge is 0.310 e. The molecule has 94 valence electrons. The lowest BCUT2D eigenvalue weighted by atomic mass is 9.98. The summed E-state index contributed by atoms with van der Waals surface area (Å²) in [5.74, 6) is 0.0113. The molecule has 0 aromatic heterocycles. The molecule has 1 rings (SSSR count). The Morgan fingerprint density at radius 2 is 2.31 bits per heavy atom.